The maximum atomic E-state index is 12.2. The number of benzene rings is 1. The van der Waals surface area contributed by atoms with Crippen molar-refractivity contribution in [3.05, 3.63) is 36.0 Å². The highest BCUT2D eigenvalue weighted by Gasteiger charge is 2.28. The lowest BCUT2D eigenvalue weighted by atomic mass is 10.2. The van der Waals surface area contributed by atoms with Crippen LogP contribution in [0.4, 0.5) is 13.2 Å². The third-order valence-electron chi connectivity index (χ3n) is 2.25. The summed E-state index contributed by atoms with van der Waals surface area (Å²) in [5.74, 6) is 0. The molecule has 2 aromatic rings. The third kappa shape index (κ3) is 2.01. The average Bonchev–Trinajstić information content (AvgIpc) is 2.58. The van der Waals surface area contributed by atoms with Crippen molar-refractivity contribution in [2.75, 3.05) is 0 Å². The molecule has 0 fully saturated rings. The summed E-state index contributed by atoms with van der Waals surface area (Å²) >= 11 is 0. The van der Waals surface area contributed by atoms with Gasteiger partial charge in [-0.25, -0.2) is 0 Å². The van der Waals surface area contributed by atoms with Crippen LogP contribution in [0.15, 0.2) is 30.5 Å². The smallest absolute Gasteiger partial charge is 0.338 e. The fraction of sp³-hybridized carbons (Fsp3) is 0.182. The van der Waals surface area contributed by atoms with E-state index >= 15 is 0 Å². The minimum atomic E-state index is -4.26. The summed E-state index contributed by atoms with van der Waals surface area (Å²) in [6, 6.07) is 8.19. The van der Waals surface area contributed by atoms with Gasteiger partial charge >= 0.3 is 6.18 Å². The van der Waals surface area contributed by atoms with E-state index in [1.165, 1.54) is 12.3 Å². The number of nitrogens with zero attached hydrogens (tertiary/aromatic N) is 2. The molecule has 0 amide bonds. The van der Waals surface area contributed by atoms with Gasteiger partial charge in [0.2, 0.25) is 0 Å². The molecule has 0 N–H and O–H groups in total. The number of aromatic nitrogens is 1. The largest absolute Gasteiger partial charge is 0.406 e. The fourth-order valence-corrected chi connectivity index (χ4v) is 1.58. The fourth-order valence-electron chi connectivity index (χ4n) is 1.58. The van der Waals surface area contributed by atoms with Crippen molar-refractivity contribution in [1.29, 1.82) is 5.26 Å². The lowest BCUT2D eigenvalue weighted by Crippen LogP contribution is -2.16. The maximum Gasteiger partial charge on any atom is 0.406 e. The van der Waals surface area contributed by atoms with Crippen molar-refractivity contribution < 1.29 is 13.2 Å². The number of hydrogen-bond donors (Lipinski definition) is 0. The summed E-state index contributed by atoms with van der Waals surface area (Å²) in [6.07, 6.45) is -2.88. The predicted octanol–water partition coefficient (Wildman–Crippen LogP) is 3.08. The maximum absolute atomic E-state index is 12.2. The lowest BCUT2D eigenvalue weighted by molar-refractivity contribution is -0.139. The number of halogens is 3. The van der Waals surface area contributed by atoms with Crippen molar-refractivity contribution in [3.8, 4) is 6.07 Å². The van der Waals surface area contributed by atoms with E-state index in [0.29, 0.717) is 16.5 Å². The first-order valence-electron chi connectivity index (χ1n) is 4.55. The molecule has 0 saturated carbocycles. The molecular formula is C11H7F3N2. The minimum absolute atomic E-state index is 0.356. The Bertz CT molecular complexity index is 561. The van der Waals surface area contributed by atoms with Crippen LogP contribution in [0.25, 0.3) is 10.9 Å². The number of hydrogen-bond acceptors (Lipinski definition) is 1. The van der Waals surface area contributed by atoms with Gasteiger partial charge in [0.25, 0.3) is 0 Å². The molecule has 16 heavy (non-hydrogen) atoms. The molecule has 0 atom stereocenters. The molecule has 1 heterocycles. The van der Waals surface area contributed by atoms with E-state index < -0.39 is 12.7 Å². The van der Waals surface area contributed by atoms with Gasteiger partial charge in [-0.3, -0.25) is 0 Å². The summed E-state index contributed by atoms with van der Waals surface area (Å²) in [7, 11) is 0. The Kier molecular flexibility index (Phi) is 2.35. The van der Waals surface area contributed by atoms with Crippen molar-refractivity contribution >= 4 is 10.9 Å². The number of alkyl halides is 3. The van der Waals surface area contributed by atoms with Gasteiger partial charge < -0.3 is 4.57 Å². The van der Waals surface area contributed by atoms with Crippen molar-refractivity contribution in [3.63, 3.8) is 0 Å². The molecule has 0 aliphatic rings. The first-order chi connectivity index (χ1) is 7.49. The molecule has 0 radical (unpaired) electrons. The van der Waals surface area contributed by atoms with Crippen molar-refractivity contribution in [2.45, 2.75) is 12.7 Å². The first-order valence-corrected chi connectivity index (χ1v) is 4.55. The standard InChI is InChI=1S/C11H7F3N2/c12-11(13,14)7-16-4-3-9-2-1-8(6-15)5-10(9)16/h1-5H,7H2. The van der Waals surface area contributed by atoms with Crippen molar-refractivity contribution in [2.24, 2.45) is 0 Å². The van der Waals surface area contributed by atoms with E-state index in [-0.39, 0.29) is 0 Å². The van der Waals surface area contributed by atoms with Crippen LogP contribution in [-0.2, 0) is 6.54 Å². The van der Waals surface area contributed by atoms with E-state index in [2.05, 4.69) is 0 Å². The van der Waals surface area contributed by atoms with Crippen LogP contribution >= 0.6 is 0 Å². The average molecular weight is 224 g/mol. The highest BCUT2D eigenvalue weighted by molar-refractivity contribution is 5.81. The number of nitriles is 1. The first kappa shape index (κ1) is 10.6. The number of fused-ring (bicyclic) bond motifs is 1. The van der Waals surface area contributed by atoms with E-state index in [0.717, 1.165) is 4.57 Å². The highest BCUT2D eigenvalue weighted by atomic mass is 19.4. The van der Waals surface area contributed by atoms with Crippen LogP contribution in [0.1, 0.15) is 5.56 Å². The zero-order chi connectivity index (χ0) is 11.8. The van der Waals surface area contributed by atoms with E-state index in [9.17, 15) is 13.2 Å². The highest BCUT2D eigenvalue weighted by Crippen LogP contribution is 2.23. The SMILES string of the molecule is N#Cc1ccc2ccn(CC(F)(F)F)c2c1. The van der Waals surface area contributed by atoms with Crippen LogP contribution < -0.4 is 0 Å². The second-order valence-electron chi connectivity index (χ2n) is 3.44. The molecule has 0 spiro atoms. The van der Waals surface area contributed by atoms with Gasteiger partial charge in [-0.15, -0.1) is 0 Å². The summed E-state index contributed by atoms with van der Waals surface area (Å²) in [5.41, 5.74) is 0.783. The normalized spacial score (nSPS) is 11.6. The molecule has 0 saturated heterocycles. The van der Waals surface area contributed by atoms with E-state index in [1.807, 2.05) is 6.07 Å². The van der Waals surface area contributed by atoms with Gasteiger partial charge in [-0.2, -0.15) is 18.4 Å². The summed E-state index contributed by atoms with van der Waals surface area (Å²) < 4.78 is 37.8. The summed E-state index contributed by atoms with van der Waals surface area (Å²) in [5, 5.41) is 9.37. The second kappa shape index (κ2) is 3.56. The molecule has 82 valence electrons. The minimum Gasteiger partial charge on any atom is -0.338 e. The van der Waals surface area contributed by atoms with Gasteiger partial charge in [-0.05, 0) is 23.6 Å². The Hall–Kier alpha value is -1.96. The predicted molar refractivity (Wildman–Crippen MR) is 52.7 cm³/mol. The monoisotopic (exact) mass is 224 g/mol. The number of rotatable bonds is 1. The molecule has 0 aliphatic carbocycles. The molecule has 2 nitrogen and oxygen atoms in total. The Labute approximate surface area is 89.5 Å². The topological polar surface area (TPSA) is 28.7 Å². The summed E-state index contributed by atoms with van der Waals surface area (Å²) in [4.78, 5) is 0. The molecule has 0 unspecified atom stereocenters. The molecular weight excluding hydrogens is 217 g/mol. The molecule has 0 bridgehead atoms. The van der Waals surface area contributed by atoms with Gasteiger partial charge in [-0.1, -0.05) is 6.07 Å². The molecule has 5 heteroatoms. The zero-order valence-corrected chi connectivity index (χ0v) is 8.12. The summed E-state index contributed by atoms with van der Waals surface area (Å²) in [6.45, 7) is -1.04. The van der Waals surface area contributed by atoms with E-state index in [4.69, 9.17) is 5.26 Å². The van der Waals surface area contributed by atoms with Crippen LogP contribution in [0.5, 0.6) is 0 Å². The Morgan fingerprint density at radius 2 is 2.00 bits per heavy atom. The molecule has 0 aliphatic heterocycles. The lowest BCUT2D eigenvalue weighted by Gasteiger charge is -2.08. The van der Waals surface area contributed by atoms with Crippen LogP contribution in [-0.4, -0.2) is 10.7 Å². The van der Waals surface area contributed by atoms with Crippen LogP contribution in [0.2, 0.25) is 0 Å². The quantitative estimate of drug-likeness (QED) is 0.731. The van der Waals surface area contributed by atoms with Gasteiger partial charge in [0.05, 0.1) is 11.6 Å². The molecule has 2 rings (SSSR count). The Morgan fingerprint density at radius 3 is 2.62 bits per heavy atom. The second-order valence-corrected chi connectivity index (χ2v) is 3.44. The third-order valence-corrected chi connectivity index (χ3v) is 2.25. The van der Waals surface area contributed by atoms with Gasteiger partial charge in [0.1, 0.15) is 6.54 Å². The van der Waals surface area contributed by atoms with Gasteiger partial charge in [0, 0.05) is 11.7 Å². The van der Waals surface area contributed by atoms with E-state index in [1.54, 1.807) is 18.2 Å². The zero-order valence-electron chi connectivity index (χ0n) is 8.12. The van der Waals surface area contributed by atoms with Gasteiger partial charge in [0.15, 0.2) is 0 Å². The molecule has 1 aromatic carbocycles. The Morgan fingerprint density at radius 1 is 1.25 bits per heavy atom. The Balaban J connectivity index is 2.51. The van der Waals surface area contributed by atoms with Crippen LogP contribution in [0, 0.1) is 11.3 Å². The van der Waals surface area contributed by atoms with Crippen LogP contribution in [0.3, 0.4) is 0 Å². The molecule has 1 aromatic heterocycles. The van der Waals surface area contributed by atoms with Crippen molar-refractivity contribution in [1.82, 2.24) is 4.57 Å².